The summed E-state index contributed by atoms with van der Waals surface area (Å²) in [5.41, 5.74) is 1.53. The van der Waals surface area contributed by atoms with E-state index in [1.807, 2.05) is 48.5 Å². The molecule has 0 spiro atoms. The molecule has 0 N–H and O–H groups in total. The smallest absolute Gasteiger partial charge is 0.270 e. The van der Waals surface area contributed by atoms with Crippen molar-refractivity contribution in [3.8, 4) is 11.5 Å². The molecule has 1 saturated heterocycles. The Morgan fingerprint density at radius 3 is 2.46 bits per heavy atom. The summed E-state index contributed by atoms with van der Waals surface area (Å²) < 4.78 is 11.2. The number of hydrogen-bond donors (Lipinski definition) is 0. The van der Waals surface area contributed by atoms with Gasteiger partial charge < -0.3 is 9.47 Å². The average molecular weight is 357 g/mol. The Morgan fingerprint density at radius 1 is 1.04 bits per heavy atom. The van der Waals surface area contributed by atoms with Gasteiger partial charge in [0.2, 0.25) is 0 Å². The van der Waals surface area contributed by atoms with Gasteiger partial charge in [-0.25, -0.2) is 0 Å². The molecule has 0 radical (unpaired) electrons. The van der Waals surface area contributed by atoms with Gasteiger partial charge in [0.05, 0.1) is 24.8 Å². The van der Waals surface area contributed by atoms with Gasteiger partial charge in [0, 0.05) is 5.56 Å². The molecule has 1 fully saturated rings. The summed E-state index contributed by atoms with van der Waals surface area (Å²) in [6.45, 7) is 0. The molecule has 1 aliphatic rings. The Morgan fingerprint density at radius 2 is 1.79 bits per heavy atom. The zero-order valence-electron chi connectivity index (χ0n) is 13.2. The van der Waals surface area contributed by atoms with E-state index in [-0.39, 0.29) is 5.91 Å². The van der Waals surface area contributed by atoms with Crippen LogP contribution >= 0.6 is 24.0 Å². The number of ether oxygens (including phenoxy) is 2. The van der Waals surface area contributed by atoms with E-state index in [2.05, 4.69) is 0 Å². The van der Waals surface area contributed by atoms with Crippen LogP contribution in [0.15, 0.2) is 53.4 Å². The fourth-order valence-electron chi connectivity index (χ4n) is 2.43. The lowest BCUT2D eigenvalue weighted by molar-refractivity contribution is -0.113. The highest BCUT2D eigenvalue weighted by atomic mass is 32.2. The van der Waals surface area contributed by atoms with Crippen molar-refractivity contribution in [3.63, 3.8) is 0 Å². The molecule has 1 aliphatic heterocycles. The summed E-state index contributed by atoms with van der Waals surface area (Å²) in [5.74, 6) is 1.07. The number of anilines is 1. The maximum absolute atomic E-state index is 12.8. The van der Waals surface area contributed by atoms with Crippen molar-refractivity contribution in [3.05, 3.63) is 59.0 Å². The zero-order valence-corrected chi connectivity index (χ0v) is 14.8. The number of methoxy groups -OCH3 is 2. The molecule has 6 heteroatoms. The molecular weight excluding hydrogens is 342 g/mol. The molecule has 24 heavy (non-hydrogen) atoms. The van der Waals surface area contributed by atoms with E-state index < -0.39 is 0 Å². The van der Waals surface area contributed by atoms with Gasteiger partial charge in [0.25, 0.3) is 5.91 Å². The van der Waals surface area contributed by atoms with Crippen LogP contribution in [0, 0.1) is 0 Å². The predicted octanol–water partition coefficient (Wildman–Crippen LogP) is 4.11. The SMILES string of the molecule is COc1cccc(/C=C2/SC(=S)N(c3ccccc3)C2=O)c1OC. The van der Waals surface area contributed by atoms with Crippen LogP contribution in [0.2, 0.25) is 0 Å². The van der Waals surface area contributed by atoms with E-state index >= 15 is 0 Å². The fourth-order valence-corrected chi connectivity index (χ4v) is 3.72. The normalized spacial score (nSPS) is 15.9. The van der Waals surface area contributed by atoms with Gasteiger partial charge in [-0.1, -0.05) is 54.3 Å². The van der Waals surface area contributed by atoms with Crippen molar-refractivity contribution in [1.29, 1.82) is 0 Å². The predicted molar refractivity (Wildman–Crippen MR) is 102 cm³/mol. The average Bonchev–Trinajstić information content (AvgIpc) is 2.89. The minimum atomic E-state index is -0.138. The molecule has 3 rings (SSSR count). The lowest BCUT2D eigenvalue weighted by Gasteiger charge is -2.14. The van der Waals surface area contributed by atoms with Gasteiger partial charge >= 0.3 is 0 Å². The number of benzene rings is 2. The third kappa shape index (κ3) is 3.02. The van der Waals surface area contributed by atoms with Gasteiger partial charge in [0.15, 0.2) is 15.8 Å². The molecule has 0 aliphatic carbocycles. The lowest BCUT2D eigenvalue weighted by Crippen LogP contribution is -2.27. The molecule has 4 nitrogen and oxygen atoms in total. The van der Waals surface area contributed by atoms with Crippen LogP contribution in [0.1, 0.15) is 5.56 Å². The third-order valence-electron chi connectivity index (χ3n) is 3.53. The first-order chi connectivity index (χ1) is 11.7. The van der Waals surface area contributed by atoms with E-state index in [4.69, 9.17) is 21.7 Å². The molecule has 2 aromatic rings. The largest absolute Gasteiger partial charge is 0.493 e. The monoisotopic (exact) mass is 357 g/mol. The number of hydrogen-bond acceptors (Lipinski definition) is 5. The van der Waals surface area contributed by atoms with Gasteiger partial charge in [-0.2, -0.15) is 0 Å². The molecule has 0 atom stereocenters. The summed E-state index contributed by atoms with van der Waals surface area (Å²) in [4.78, 5) is 14.8. The van der Waals surface area contributed by atoms with Crippen LogP contribution in [0.5, 0.6) is 11.5 Å². The van der Waals surface area contributed by atoms with Crippen molar-refractivity contribution in [2.45, 2.75) is 0 Å². The van der Waals surface area contributed by atoms with E-state index in [1.165, 1.54) is 11.8 Å². The van der Waals surface area contributed by atoms with E-state index in [1.54, 1.807) is 25.2 Å². The van der Waals surface area contributed by atoms with E-state index in [9.17, 15) is 4.79 Å². The highest BCUT2D eigenvalue weighted by Gasteiger charge is 2.33. The second-order valence-corrected chi connectivity index (χ2v) is 6.61. The van der Waals surface area contributed by atoms with Crippen molar-refractivity contribution in [2.75, 3.05) is 19.1 Å². The number of nitrogens with zero attached hydrogens (tertiary/aromatic N) is 1. The maximum Gasteiger partial charge on any atom is 0.270 e. The summed E-state index contributed by atoms with van der Waals surface area (Å²) in [5, 5.41) is 0. The van der Waals surface area contributed by atoms with Crippen molar-refractivity contribution < 1.29 is 14.3 Å². The maximum atomic E-state index is 12.8. The Bertz CT molecular complexity index is 818. The number of para-hydroxylation sites is 2. The second kappa shape index (κ2) is 7.07. The molecule has 1 amide bonds. The van der Waals surface area contributed by atoms with Crippen LogP contribution in [-0.2, 0) is 4.79 Å². The Balaban J connectivity index is 1.98. The first kappa shape index (κ1) is 16.5. The highest BCUT2D eigenvalue weighted by Crippen LogP contribution is 2.38. The number of rotatable bonds is 4. The minimum absolute atomic E-state index is 0.138. The van der Waals surface area contributed by atoms with Crippen molar-refractivity contribution >= 4 is 46.0 Å². The number of carbonyl (C=O) groups is 1. The third-order valence-corrected chi connectivity index (χ3v) is 4.83. The second-order valence-electron chi connectivity index (χ2n) is 4.94. The van der Waals surface area contributed by atoms with Crippen LogP contribution in [-0.4, -0.2) is 24.4 Å². The van der Waals surface area contributed by atoms with Crippen molar-refractivity contribution in [2.24, 2.45) is 0 Å². The number of carbonyl (C=O) groups excluding carboxylic acids is 1. The fraction of sp³-hybridized carbons (Fsp3) is 0.111. The van der Waals surface area contributed by atoms with Crippen LogP contribution in [0.3, 0.4) is 0 Å². The van der Waals surface area contributed by atoms with Crippen LogP contribution in [0.25, 0.3) is 6.08 Å². The van der Waals surface area contributed by atoms with E-state index in [0.717, 1.165) is 11.3 Å². The van der Waals surface area contributed by atoms with Crippen molar-refractivity contribution in [1.82, 2.24) is 0 Å². The van der Waals surface area contributed by atoms with Crippen LogP contribution in [0.4, 0.5) is 5.69 Å². The molecule has 0 aromatic heterocycles. The standard InChI is InChI=1S/C18H15NO3S2/c1-21-14-10-6-7-12(16(14)22-2)11-15-17(20)19(18(23)24-15)13-8-4-3-5-9-13/h3-11H,1-2H3/b15-11+. The first-order valence-corrected chi connectivity index (χ1v) is 8.42. The molecule has 1 heterocycles. The topological polar surface area (TPSA) is 38.8 Å². The Hall–Kier alpha value is -2.31. The highest BCUT2D eigenvalue weighted by molar-refractivity contribution is 8.27. The summed E-state index contributed by atoms with van der Waals surface area (Å²) in [6, 6.07) is 14.9. The van der Waals surface area contributed by atoms with E-state index in [0.29, 0.717) is 20.7 Å². The molecular formula is C18H15NO3S2. The lowest BCUT2D eigenvalue weighted by atomic mass is 10.1. The Labute approximate surface area is 150 Å². The molecule has 2 aromatic carbocycles. The molecule has 0 unspecified atom stereocenters. The Kier molecular flexibility index (Phi) is 4.87. The van der Waals surface area contributed by atoms with Gasteiger partial charge in [-0.3, -0.25) is 9.69 Å². The number of amides is 1. The number of thioether (sulfide) groups is 1. The first-order valence-electron chi connectivity index (χ1n) is 7.19. The van der Waals surface area contributed by atoms with Gasteiger partial charge in [-0.05, 0) is 24.3 Å². The number of thiocarbonyl (C=S) groups is 1. The molecule has 0 saturated carbocycles. The molecule has 122 valence electrons. The quantitative estimate of drug-likeness (QED) is 0.608. The summed E-state index contributed by atoms with van der Waals surface area (Å²) in [6.07, 6.45) is 1.78. The van der Waals surface area contributed by atoms with Gasteiger partial charge in [0.1, 0.15) is 0 Å². The van der Waals surface area contributed by atoms with Gasteiger partial charge in [-0.15, -0.1) is 0 Å². The van der Waals surface area contributed by atoms with Crippen LogP contribution < -0.4 is 14.4 Å². The zero-order chi connectivity index (χ0) is 17.1. The minimum Gasteiger partial charge on any atom is -0.493 e. The summed E-state index contributed by atoms with van der Waals surface area (Å²) >= 11 is 6.65. The molecule has 0 bridgehead atoms. The summed E-state index contributed by atoms with van der Waals surface area (Å²) in [7, 11) is 3.15.